The molecule has 1 aromatic carbocycles. The lowest BCUT2D eigenvalue weighted by atomic mass is 10.2. The summed E-state index contributed by atoms with van der Waals surface area (Å²) in [5.74, 6) is 0. The van der Waals surface area contributed by atoms with Gasteiger partial charge in [-0.15, -0.1) is 5.43 Å². The summed E-state index contributed by atoms with van der Waals surface area (Å²) < 4.78 is 0. The zero-order valence-corrected chi connectivity index (χ0v) is 6.02. The van der Waals surface area contributed by atoms with Gasteiger partial charge in [-0.25, -0.2) is 10.1 Å². The SMILES string of the molecule is N#Cc1ccc(N[N+](=O)[O-])cc1. The highest BCUT2D eigenvalue weighted by molar-refractivity contribution is 5.45. The van der Waals surface area contributed by atoms with E-state index in [1.54, 1.807) is 0 Å². The topological polar surface area (TPSA) is 79.0 Å². The minimum absolute atomic E-state index is 0.360. The first-order valence-electron chi connectivity index (χ1n) is 3.13. The van der Waals surface area contributed by atoms with Crippen LogP contribution < -0.4 is 5.43 Å². The molecule has 1 rings (SSSR count). The molecule has 1 N–H and O–H groups in total. The minimum atomic E-state index is -0.651. The summed E-state index contributed by atoms with van der Waals surface area (Å²) in [5, 5.41) is 17.7. The molecule has 0 saturated carbocycles. The molecule has 0 spiro atoms. The van der Waals surface area contributed by atoms with Gasteiger partial charge in [-0.1, -0.05) is 0 Å². The maximum Gasteiger partial charge on any atom is 0.162 e. The van der Waals surface area contributed by atoms with E-state index < -0.39 is 5.03 Å². The van der Waals surface area contributed by atoms with Crippen molar-refractivity contribution in [1.29, 1.82) is 5.26 Å². The van der Waals surface area contributed by atoms with E-state index in [4.69, 9.17) is 5.26 Å². The van der Waals surface area contributed by atoms with Gasteiger partial charge in [0.15, 0.2) is 5.03 Å². The average Bonchev–Trinajstić information content (AvgIpc) is 2.05. The lowest BCUT2D eigenvalue weighted by molar-refractivity contribution is -0.445. The Morgan fingerprint density at radius 3 is 2.42 bits per heavy atom. The Hall–Kier alpha value is -2.09. The van der Waals surface area contributed by atoms with Crippen LogP contribution in [0, 0.1) is 21.4 Å². The molecular weight excluding hydrogens is 158 g/mol. The maximum atomic E-state index is 9.95. The second-order valence-corrected chi connectivity index (χ2v) is 2.06. The maximum absolute atomic E-state index is 9.95. The van der Waals surface area contributed by atoms with E-state index in [1.807, 2.05) is 11.5 Å². The molecule has 0 bridgehead atoms. The van der Waals surface area contributed by atoms with Gasteiger partial charge >= 0.3 is 0 Å². The first kappa shape index (κ1) is 8.01. The number of nitro groups is 1. The predicted molar refractivity (Wildman–Crippen MR) is 41.8 cm³/mol. The molecule has 0 heterocycles. The van der Waals surface area contributed by atoms with Crippen LogP contribution in [-0.2, 0) is 0 Å². The van der Waals surface area contributed by atoms with Gasteiger partial charge in [-0.05, 0) is 24.3 Å². The Morgan fingerprint density at radius 1 is 1.42 bits per heavy atom. The van der Waals surface area contributed by atoms with Crippen LogP contribution >= 0.6 is 0 Å². The van der Waals surface area contributed by atoms with Crippen molar-refractivity contribution >= 4 is 5.69 Å². The highest BCUT2D eigenvalue weighted by Gasteiger charge is 1.97. The fourth-order valence-corrected chi connectivity index (χ4v) is 0.725. The third-order valence-corrected chi connectivity index (χ3v) is 1.23. The third kappa shape index (κ3) is 1.95. The first-order chi connectivity index (χ1) is 5.72. The van der Waals surface area contributed by atoms with E-state index in [1.165, 1.54) is 24.3 Å². The van der Waals surface area contributed by atoms with Gasteiger partial charge < -0.3 is 0 Å². The zero-order valence-electron chi connectivity index (χ0n) is 6.02. The number of benzene rings is 1. The zero-order chi connectivity index (χ0) is 8.97. The number of nitrogens with one attached hydrogen (secondary N) is 1. The Balaban J connectivity index is 2.80. The van der Waals surface area contributed by atoms with E-state index in [0.29, 0.717) is 11.3 Å². The van der Waals surface area contributed by atoms with Crippen molar-refractivity contribution in [2.75, 3.05) is 5.43 Å². The van der Waals surface area contributed by atoms with Crippen LogP contribution in [0.15, 0.2) is 24.3 Å². The number of hydrazine groups is 1. The summed E-state index contributed by atoms with van der Waals surface area (Å²) in [5.41, 5.74) is 2.80. The number of hydrogen-bond donors (Lipinski definition) is 1. The van der Waals surface area contributed by atoms with Crippen molar-refractivity contribution in [2.45, 2.75) is 0 Å². The van der Waals surface area contributed by atoms with E-state index in [9.17, 15) is 10.1 Å². The van der Waals surface area contributed by atoms with Crippen molar-refractivity contribution in [3.8, 4) is 6.07 Å². The first-order valence-corrected chi connectivity index (χ1v) is 3.13. The smallest absolute Gasteiger partial charge is 0.162 e. The van der Waals surface area contributed by atoms with E-state index in [-0.39, 0.29) is 0 Å². The molecule has 0 fully saturated rings. The number of hydrogen-bond acceptors (Lipinski definition) is 3. The van der Waals surface area contributed by atoms with Gasteiger partial charge in [0.25, 0.3) is 0 Å². The van der Waals surface area contributed by atoms with Gasteiger partial charge in [-0.2, -0.15) is 5.26 Å². The Labute approximate surface area is 68.4 Å². The summed E-state index contributed by atoms with van der Waals surface area (Å²) >= 11 is 0. The summed E-state index contributed by atoms with van der Waals surface area (Å²) in [7, 11) is 0. The molecule has 5 heteroatoms. The largest absolute Gasteiger partial charge is 0.235 e. The van der Waals surface area contributed by atoms with Crippen LogP contribution in [0.5, 0.6) is 0 Å². The molecule has 12 heavy (non-hydrogen) atoms. The molecule has 0 aliphatic heterocycles. The second-order valence-electron chi connectivity index (χ2n) is 2.06. The van der Waals surface area contributed by atoms with Crippen molar-refractivity contribution in [3.05, 3.63) is 39.9 Å². The molecule has 0 aliphatic rings. The predicted octanol–water partition coefficient (Wildman–Crippen LogP) is 1.16. The molecule has 5 nitrogen and oxygen atoms in total. The highest BCUT2D eigenvalue weighted by Crippen LogP contribution is 2.07. The second kappa shape index (κ2) is 3.34. The monoisotopic (exact) mass is 163 g/mol. The lowest BCUT2D eigenvalue weighted by Crippen LogP contribution is -2.07. The fourth-order valence-electron chi connectivity index (χ4n) is 0.725. The van der Waals surface area contributed by atoms with Gasteiger partial charge in [0.05, 0.1) is 11.6 Å². The van der Waals surface area contributed by atoms with Crippen LogP contribution in [0.4, 0.5) is 5.69 Å². The molecule has 0 unspecified atom stereocenters. The highest BCUT2D eigenvalue weighted by atomic mass is 16.7. The molecule has 1 aromatic rings. The van der Waals surface area contributed by atoms with E-state index >= 15 is 0 Å². The number of nitrogens with zero attached hydrogens (tertiary/aromatic N) is 2. The van der Waals surface area contributed by atoms with Crippen LogP contribution in [0.3, 0.4) is 0 Å². The fraction of sp³-hybridized carbons (Fsp3) is 0. The lowest BCUT2D eigenvalue weighted by Gasteiger charge is -1.95. The number of nitriles is 1. The van der Waals surface area contributed by atoms with Gasteiger partial charge in [0, 0.05) is 0 Å². The van der Waals surface area contributed by atoms with E-state index in [0.717, 1.165) is 0 Å². The van der Waals surface area contributed by atoms with Crippen molar-refractivity contribution in [3.63, 3.8) is 0 Å². The molecule has 60 valence electrons. The van der Waals surface area contributed by atoms with Crippen LogP contribution in [-0.4, -0.2) is 5.03 Å². The van der Waals surface area contributed by atoms with Crippen LogP contribution in [0.1, 0.15) is 5.56 Å². The molecule has 0 aliphatic carbocycles. The summed E-state index contributed by atoms with van der Waals surface area (Å²) in [4.78, 5) is 9.95. The Morgan fingerprint density at radius 2 is 2.00 bits per heavy atom. The Kier molecular flexibility index (Phi) is 2.23. The quantitative estimate of drug-likeness (QED) is 0.524. The summed E-state index contributed by atoms with van der Waals surface area (Å²) in [6, 6.07) is 7.87. The molecule has 0 amide bonds. The summed E-state index contributed by atoms with van der Waals surface area (Å²) in [6.45, 7) is 0. The van der Waals surface area contributed by atoms with Crippen LogP contribution in [0.2, 0.25) is 0 Å². The Bertz CT molecular complexity index is 325. The van der Waals surface area contributed by atoms with Gasteiger partial charge in [0.1, 0.15) is 5.69 Å². The summed E-state index contributed by atoms with van der Waals surface area (Å²) in [6.07, 6.45) is 0. The van der Waals surface area contributed by atoms with Gasteiger partial charge in [0.2, 0.25) is 0 Å². The number of rotatable bonds is 2. The minimum Gasteiger partial charge on any atom is -0.235 e. The van der Waals surface area contributed by atoms with Crippen molar-refractivity contribution < 1.29 is 5.03 Å². The van der Waals surface area contributed by atoms with Crippen LogP contribution in [0.25, 0.3) is 0 Å². The van der Waals surface area contributed by atoms with Crippen molar-refractivity contribution in [1.82, 2.24) is 0 Å². The standard InChI is InChI=1S/C7H5N3O2/c8-5-6-1-3-7(4-2-6)9-10(11)12/h1-4,9H. The molecule has 0 saturated heterocycles. The normalized spacial score (nSPS) is 8.58. The molecule has 0 aromatic heterocycles. The number of anilines is 1. The molecule has 0 radical (unpaired) electrons. The van der Waals surface area contributed by atoms with Gasteiger partial charge in [-0.3, -0.25) is 0 Å². The molecular formula is C7H5N3O2. The third-order valence-electron chi connectivity index (χ3n) is 1.23. The van der Waals surface area contributed by atoms with E-state index in [2.05, 4.69) is 0 Å². The van der Waals surface area contributed by atoms with Crippen molar-refractivity contribution in [2.24, 2.45) is 0 Å². The average molecular weight is 163 g/mol. The molecule has 0 atom stereocenters.